The summed E-state index contributed by atoms with van der Waals surface area (Å²) in [5.74, 6) is -2.70. The number of methoxy groups -OCH3 is 2. The van der Waals surface area contributed by atoms with E-state index < -0.39 is 29.8 Å². The standard InChI is InChI=1S/C11H15NO6/c1-7(13)12-5-4-8(14)6-11(12,9(15)17-2)10(16)18-3/h4-6H2,1-3H3. The first-order valence-electron chi connectivity index (χ1n) is 5.37. The molecule has 0 aromatic heterocycles. The molecule has 7 nitrogen and oxygen atoms in total. The Morgan fingerprint density at radius 3 is 2.06 bits per heavy atom. The molecule has 0 spiro atoms. The number of amides is 1. The Labute approximate surface area is 104 Å². The second kappa shape index (κ2) is 5.16. The summed E-state index contributed by atoms with van der Waals surface area (Å²) in [4.78, 5) is 47.9. The highest BCUT2D eigenvalue weighted by Crippen LogP contribution is 2.29. The zero-order valence-corrected chi connectivity index (χ0v) is 10.5. The number of rotatable bonds is 2. The van der Waals surface area contributed by atoms with Crippen LogP contribution < -0.4 is 0 Å². The molecule has 7 heteroatoms. The third-order valence-corrected chi connectivity index (χ3v) is 2.95. The molecule has 1 aliphatic heterocycles. The fraction of sp³-hybridized carbons (Fsp3) is 0.636. The van der Waals surface area contributed by atoms with E-state index in [2.05, 4.69) is 9.47 Å². The van der Waals surface area contributed by atoms with Gasteiger partial charge in [-0.3, -0.25) is 9.59 Å². The highest BCUT2D eigenvalue weighted by atomic mass is 16.5. The first-order valence-corrected chi connectivity index (χ1v) is 5.37. The van der Waals surface area contributed by atoms with Gasteiger partial charge in [-0.2, -0.15) is 0 Å². The Bertz CT molecular complexity index is 386. The minimum Gasteiger partial charge on any atom is -0.467 e. The number of likely N-dealkylation sites (tertiary alicyclic amines) is 1. The molecule has 0 N–H and O–H groups in total. The number of ether oxygens (including phenoxy) is 2. The topological polar surface area (TPSA) is 90.0 Å². The van der Waals surface area contributed by atoms with Crippen molar-refractivity contribution in [2.24, 2.45) is 0 Å². The lowest BCUT2D eigenvalue weighted by Gasteiger charge is -2.41. The number of Topliss-reactive ketones (excluding diaryl/α,β-unsaturated/α-hetero) is 1. The van der Waals surface area contributed by atoms with Gasteiger partial charge in [-0.1, -0.05) is 0 Å². The van der Waals surface area contributed by atoms with Crippen molar-refractivity contribution >= 4 is 23.6 Å². The van der Waals surface area contributed by atoms with E-state index in [-0.39, 0.29) is 18.7 Å². The zero-order valence-electron chi connectivity index (χ0n) is 10.5. The third kappa shape index (κ3) is 2.07. The molecule has 0 bridgehead atoms. The zero-order chi connectivity index (χ0) is 13.9. The maximum atomic E-state index is 11.9. The molecule has 0 atom stereocenters. The van der Waals surface area contributed by atoms with Crippen LogP contribution >= 0.6 is 0 Å². The van der Waals surface area contributed by atoms with Crippen LogP contribution in [0.15, 0.2) is 0 Å². The number of piperidine rings is 1. The molecule has 1 aliphatic rings. The number of nitrogens with zero attached hydrogens (tertiary/aromatic N) is 1. The van der Waals surface area contributed by atoms with Crippen LogP contribution in [0.4, 0.5) is 0 Å². The maximum absolute atomic E-state index is 11.9. The molecule has 1 amide bonds. The van der Waals surface area contributed by atoms with E-state index in [0.29, 0.717) is 0 Å². The van der Waals surface area contributed by atoms with Crippen LogP contribution in [0.3, 0.4) is 0 Å². The van der Waals surface area contributed by atoms with E-state index in [0.717, 1.165) is 19.1 Å². The van der Waals surface area contributed by atoms with Crippen molar-refractivity contribution in [1.82, 2.24) is 4.90 Å². The van der Waals surface area contributed by atoms with Crippen LogP contribution in [-0.4, -0.2) is 54.8 Å². The number of carbonyl (C=O) groups excluding carboxylic acids is 4. The number of hydrogen-bond acceptors (Lipinski definition) is 6. The molecule has 0 aliphatic carbocycles. The van der Waals surface area contributed by atoms with Crippen LogP contribution in [0.1, 0.15) is 19.8 Å². The molecule has 0 unspecified atom stereocenters. The fourth-order valence-electron chi connectivity index (χ4n) is 2.11. The summed E-state index contributed by atoms with van der Waals surface area (Å²) < 4.78 is 9.12. The van der Waals surface area contributed by atoms with E-state index in [4.69, 9.17) is 0 Å². The molecule has 1 saturated heterocycles. The van der Waals surface area contributed by atoms with Crippen LogP contribution in [0.25, 0.3) is 0 Å². The summed E-state index contributed by atoms with van der Waals surface area (Å²) in [7, 11) is 2.18. The van der Waals surface area contributed by atoms with Gasteiger partial charge in [0.2, 0.25) is 11.4 Å². The Morgan fingerprint density at radius 2 is 1.67 bits per heavy atom. The van der Waals surface area contributed by atoms with Crippen molar-refractivity contribution in [2.75, 3.05) is 20.8 Å². The van der Waals surface area contributed by atoms with Gasteiger partial charge < -0.3 is 14.4 Å². The number of hydrogen-bond donors (Lipinski definition) is 0. The van der Waals surface area contributed by atoms with E-state index in [1.807, 2.05) is 0 Å². The monoisotopic (exact) mass is 257 g/mol. The van der Waals surface area contributed by atoms with Crippen molar-refractivity contribution < 1.29 is 28.7 Å². The van der Waals surface area contributed by atoms with Crippen LogP contribution in [0.5, 0.6) is 0 Å². The molecule has 1 heterocycles. The summed E-state index contributed by atoms with van der Waals surface area (Å²) in [5, 5.41) is 0. The van der Waals surface area contributed by atoms with Gasteiger partial charge in [-0.15, -0.1) is 0 Å². The quantitative estimate of drug-likeness (QED) is 0.479. The van der Waals surface area contributed by atoms with Crippen LogP contribution in [0, 0.1) is 0 Å². The van der Waals surface area contributed by atoms with Crippen LogP contribution in [0.2, 0.25) is 0 Å². The Hall–Kier alpha value is -1.92. The minimum atomic E-state index is -1.98. The van der Waals surface area contributed by atoms with Gasteiger partial charge in [-0.05, 0) is 0 Å². The summed E-state index contributed by atoms with van der Waals surface area (Å²) >= 11 is 0. The van der Waals surface area contributed by atoms with E-state index in [1.54, 1.807) is 0 Å². The SMILES string of the molecule is COC(=O)C1(C(=O)OC)CC(=O)CCN1C(C)=O. The van der Waals surface area contributed by atoms with Crippen molar-refractivity contribution in [3.63, 3.8) is 0 Å². The van der Waals surface area contributed by atoms with Gasteiger partial charge >= 0.3 is 11.9 Å². The lowest BCUT2D eigenvalue weighted by atomic mass is 9.85. The molecular formula is C11H15NO6. The van der Waals surface area contributed by atoms with Gasteiger partial charge in [0.05, 0.1) is 20.6 Å². The van der Waals surface area contributed by atoms with Crippen molar-refractivity contribution in [3.05, 3.63) is 0 Å². The normalized spacial score (nSPS) is 18.2. The van der Waals surface area contributed by atoms with Crippen molar-refractivity contribution in [2.45, 2.75) is 25.3 Å². The Balaban J connectivity index is 3.32. The average Bonchev–Trinajstić information content (AvgIpc) is 2.35. The molecular weight excluding hydrogens is 242 g/mol. The summed E-state index contributed by atoms with van der Waals surface area (Å²) in [6.07, 6.45) is -0.304. The molecule has 1 fully saturated rings. The average molecular weight is 257 g/mol. The largest absolute Gasteiger partial charge is 0.467 e. The van der Waals surface area contributed by atoms with E-state index in [9.17, 15) is 19.2 Å². The minimum absolute atomic E-state index is 0.00162. The van der Waals surface area contributed by atoms with Crippen molar-refractivity contribution in [3.8, 4) is 0 Å². The van der Waals surface area contributed by atoms with Gasteiger partial charge in [0.25, 0.3) is 0 Å². The maximum Gasteiger partial charge on any atom is 0.344 e. The first-order chi connectivity index (χ1) is 8.40. The van der Waals surface area contributed by atoms with Gasteiger partial charge in [-0.25, -0.2) is 9.59 Å². The van der Waals surface area contributed by atoms with E-state index in [1.165, 1.54) is 6.92 Å². The van der Waals surface area contributed by atoms with Gasteiger partial charge in [0.15, 0.2) is 0 Å². The lowest BCUT2D eigenvalue weighted by Crippen LogP contribution is -2.66. The molecule has 100 valence electrons. The van der Waals surface area contributed by atoms with Gasteiger partial charge in [0, 0.05) is 19.9 Å². The lowest BCUT2D eigenvalue weighted by molar-refractivity contribution is -0.180. The molecule has 0 radical (unpaired) electrons. The highest BCUT2D eigenvalue weighted by molar-refractivity contribution is 6.11. The summed E-state index contributed by atoms with van der Waals surface area (Å²) in [6.45, 7) is 1.22. The summed E-state index contributed by atoms with van der Waals surface area (Å²) in [6, 6.07) is 0. The third-order valence-electron chi connectivity index (χ3n) is 2.95. The second-order valence-corrected chi connectivity index (χ2v) is 3.98. The number of carbonyl (C=O) groups is 4. The molecule has 0 aromatic rings. The smallest absolute Gasteiger partial charge is 0.344 e. The van der Waals surface area contributed by atoms with E-state index >= 15 is 0 Å². The number of esters is 2. The predicted octanol–water partition coefficient (Wildman–Crippen LogP) is -0.717. The Morgan fingerprint density at radius 1 is 1.17 bits per heavy atom. The molecule has 18 heavy (non-hydrogen) atoms. The number of ketones is 1. The highest BCUT2D eigenvalue weighted by Gasteiger charge is 2.57. The summed E-state index contributed by atoms with van der Waals surface area (Å²) in [5.41, 5.74) is -1.98. The molecule has 1 rings (SSSR count). The van der Waals surface area contributed by atoms with Crippen LogP contribution in [-0.2, 0) is 28.7 Å². The first kappa shape index (κ1) is 14.1. The molecule has 0 aromatic carbocycles. The molecule has 0 saturated carbocycles. The second-order valence-electron chi connectivity index (χ2n) is 3.98. The predicted molar refractivity (Wildman–Crippen MR) is 58.4 cm³/mol. The van der Waals surface area contributed by atoms with Gasteiger partial charge in [0.1, 0.15) is 5.78 Å². The van der Waals surface area contributed by atoms with Crippen molar-refractivity contribution in [1.29, 1.82) is 0 Å². The fourth-order valence-corrected chi connectivity index (χ4v) is 2.11. The Kier molecular flexibility index (Phi) is 4.05.